The Morgan fingerprint density at radius 2 is 1.62 bits per heavy atom. The number of primary amides is 1. The minimum atomic E-state index is -1.29. The molecule has 0 spiro atoms. The van der Waals surface area contributed by atoms with Gasteiger partial charge in [0.15, 0.2) is 0 Å². The molecule has 2 atom stereocenters. The van der Waals surface area contributed by atoms with E-state index in [1.54, 1.807) is 25.7 Å². The first-order valence-corrected chi connectivity index (χ1v) is 13.3. The molecule has 2 aromatic rings. The maximum Gasteiger partial charge on any atom is 0.408 e. The standard InChI is InChI=1S/C30H40N4O5/c1-19-11-9-12-20(2)25(19)26(27(36)32-18-21-13-7-6-8-14-21)34(22-15-10-16-22)28(37)23(17-24(31)35)33-29(38)39-30(3,4)5/h6-9,11-14,22-23,26H,10,15-18H2,1-5H3,(H2,31,35)(H,32,36)(H,33,38). The van der Waals surface area contributed by atoms with Gasteiger partial charge in [-0.15, -0.1) is 0 Å². The first-order valence-electron chi connectivity index (χ1n) is 13.3. The van der Waals surface area contributed by atoms with Crippen molar-refractivity contribution >= 4 is 23.8 Å². The van der Waals surface area contributed by atoms with Gasteiger partial charge in [-0.25, -0.2) is 4.79 Å². The van der Waals surface area contributed by atoms with Gasteiger partial charge in [0.2, 0.25) is 17.7 Å². The van der Waals surface area contributed by atoms with Crippen LogP contribution in [0.3, 0.4) is 0 Å². The second kappa shape index (κ2) is 12.8. The Bertz CT molecular complexity index is 1170. The summed E-state index contributed by atoms with van der Waals surface area (Å²) in [6, 6.07) is 12.7. The molecule has 1 saturated carbocycles. The van der Waals surface area contributed by atoms with E-state index in [1.165, 1.54) is 0 Å². The molecule has 9 heteroatoms. The molecule has 4 N–H and O–H groups in total. The van der Waals surface area contributed by atoms with Crippen molar-refractivity contribution in [2.75, 3.05) is 0 Å². The van der Waals surface area contributed by atoms with Gasteiger partial charge in [-0.2, -0.15) is 0 Å². The van der Waals surface area contributed by atoms with Crippen LogP contribution in [0.1, 0.15) is 74.8 Å². The fourth-order valence-corrected chi connectivity index (χ4v) is 4.75. The smallest absolute Gasteiger partial charge is 0.408 e. The highest BCUT2D eigenvalue weighted by atomic mass is 16.6. The predicted octanol–water partition coefficient (Wildman–Crippen LogP) is 3.81. The van der Waals surface area contributed by atoms with Gasteiger partial charge in [-0.05, 0) is 76.1 Å². The topological polar surface area (TPSA) is 131 Å². The van der Waals surface area contributed by atoms with E-state index in [1.807, 2.05) is 62.4 Å². The lowest BCUT2D eigenvalue weighted by molar-refractivity contribution is -0.148. The highest BCUT2D eigenvalue weighted by molar-refractivity contribution is 5.95. The number of alkyl carbamates (subject to hydrolysis) is 1. The van der Waals surface area contributed by atoms with E-state index < -0.39 is 42.0 Å². The summed E-state index contributed by atoms with van der Waals surface area (Å²) in [5, 5.41) is 5.54. The number of nitrogens with two attached hydrogens (primary N) is 1. The number of rotatable bonds is 10. The zero-order chi connectivity index (χ0) is 28.7. The van der Waals surface area contributed by atoms with Crippen LogP contribution in [0.15, 0.2) is 48.5 Å². The van der Waals surface area contributed by atoms with Crippen molar-refractivity contribution < 1.29 is 23.9 Å². The van der Waals surface area contributed by atoms with Gasteiger partial charge < -0.3 is 26.0 Å². The third-order valence-corrected chi connectivity index (χ3v) is 6.77. The molecule has 0 heterocycles. The Kier molecular flexibility index (Phi) is 9.72. The van der Waals surface area contributed by atoms with Gasteiger partial charge in [0.25, 0.3) is 0 Å². The van der Waals surface area contributed by atoms with Crippen LogP contribution in [0.25, 0.3) is 0 Å². The van der Waals surface area contributed by atoms with E-state index >= 15 is 0 Å². The third kappa shape index (κ3) is 8.05. The Balaban J connectivity index is 2.02. The van der Waals surface area contributed by atoms with Gasteiger partial charge in [0.05, 0.1) is 6.42 Å². The molecule has 0 radical (unpaired) electrons. The van der Waals surface area contributed by atoms with Crippen LogP contribution in [-0.2, 0) is 25.7 Å². The van der Waals surface area contributed by atoms with Crippen LogP contribution in [-0.4, -0.2) is 46.4 Å². The number of ether oxygens (including phenoxy) is 1. The molecule has 4 amide bonds. The number of nitrogens with zero attached hydrogens (tertiary/aromatic N) is 1. The number of aryl methyl sites for hydroxylation is 2. The van der Waals surface area contributed by atoms with Gasteiger partial charge in [0.1, 0.15) is 17.7 Å². The molecule has 0 aliphatic heterocycles. The van der Waals surface area contributed by atoms with Gasteiger partial charge in [-0.1, -0.05) is 48.5 Å². The summed E-state index contributed by atoms with van der Waals surface area (Å²) in [6.07, 6.45) is 1.04. The van der Waals surface area contributed by atoms with Crippen LogP contribution in [0.2, 0.25) is 0 Å². The van der Waals surface area contributed by atoms with E-state index in [4.69, 9.17) is 10.5 Å². The molecule has 1 aliphatic rings. The normalized spacial score (nSPS) is 14.9. The van der Waals surface area contributed by atoms with Crippen molar-refractivity contribution in [2.24, 2.45) is 5.73 Å². The zero-order valence-corrected chi connectivity index (χ0v) is 23.5. The maximum absolute atomic E-state index is 14.2. The van der Waals surface area contributed by atoms with Gasteiger partial charge >= 0.3 is 6.09 Å². The fourth-order valence-electron chi connectivity index (χ4n) is 4.75. The summed E-state index contributed by atoms with van der Waals surface area (Å²) in [5.41, 5.74) is 8.04. The molecular formula is C30H40N4O5. The fraction of sp³-hybridized carbons (Fsp3) is 0.467. The molecule has 0 aromatic heterocycles. The van der Waals surface area contributed by atoms with Crippen molar-refractivity contribution in [3.8, 4) is 0 Å². The summed E-state index contributed by atoms with van der Waals surface area (Å²) in [7, 11) is 0. The van der Waals surface area contributed by atoms with E-state index in [-0.39, 0.29) is 18.5 Å². The quantitative estimate of drug-likeness (QED) is 0.425. The molecule has 3 rings (SSSR count). The molecule has 2 aromatic carbocycles. The second-order valence-corrected chi connectivity index (χ2v) is 11.1. The van der Waals surface area contributed by atoms with Crippen LogP contribution >= 0.6 is 0 Å². The number of carbonyl (C=O) groups excluding carboxylic acids is 4. The Hall–Kier alpha value is -3.88. The summed E-state index contributed by atoms with van der Waals surface area (Å²) in [4.78, 5) is 54.3. The van der Waals surface area contributed by atoms with Crippen LogP contribution in [0, 0.1) is 13.8 Å². The van der Waals surface area contributed by atoms with E-state index in [9.17, 15) is 19.2 Å². The highest BCUT2D eigenvalue weighted by Gasteiger charge is 2.43. The van der Waals surface area contributed by atoms with Crippen LogP contribution in [0.4, 0.5) is 4.79 Å². The number of carbonyl (C=O) groups is 4. The summed E-state index contributed by atoms with van der Waals surface area (Å²) in [5.74, 6) is -1.64. The lowest BCUT2D eigenvalue weighted by atomic mass is 9.86. The average molecular weight is 537 g/mol. The third-order valence-electron chi connectivity index (χ3n) is 6.77. The van der Waals surface area contributed by atoms with E-state index in [0.717, 1.165) is 28.7 Å². The minimum absolute atomic E-state index is 0.236. The predicted molar refractivity (Wildman–Crippen MR) is 148 cm³/mol. The minimum Gasteiger partial charge on any atom is -0.444 e. The monoisotopic (exact) mass is 536 g/mol. The summed E-state index contributed by atoms with van der Waals surface area (Å²) >= 11 is 0. The highest BCUT2D eigenvalue weighted by Crippen LogP contribution is 2.36. The molecule has 1 fully saturated rings. The van der Waals surface area contributed by atoms with Gasteiger partial charge in [-0.3, -0.25) is 14.4 Å². The van der Waals surface area contributed by atoms with E-state index in [2.05, 4.69) is 10.6 Å². The largest absolute Gasteiger partial charge is 0.444 e. The number of amides is 4. The Labute approximate surface area is 230 Å². The first-order chi connectivity index (χ1) is 18.4. The summed E-state index contributed by atoms with van der Waals surface area (Å²) < 4.78 is 5.35. The molecule has 0 saturated heterocycles. The lowest BCUT2D eigenvalue weighted by Crippen LogP contribution is -2.58. The Morgan fingerprint density at radius 1 is 1.00 bits per heavy atom. The average Bonchev–Trinajstić information content (AvgIpc) is 2.81. The van der Waals surface area contributed by atoms with Crippen LogP contribution < -0.4 is 16.4 Å². The summed E-state index contributed by atoms with van der Waals surface area (Å²) in [6.45, 7) is 9.20. The van der Waals surface area contributed by atoms with Crippen molar-refractivity contribution in [3.05, 3.63) is 70.8 Å². The van der Waals surface area contributed by atoms with Crippen molar-refractivity contribution in [1.29, 1.82) is 0 Å². The molecule has 9 nitrogen and oxygen atoms in total. The number of benzene rings is 2. The molecule has 2 unspecified atom stereocenters. The Morgan fingerprint density at radius 3 is 2.13 bits per heavy atom. The second-order valence-electron chi connectivity index (χ2n) is 11.1. The van der Waals surface area contributed by atoms with Crippen molar-refractivity contribution in [3.63, 3.8) is 0 Å². The molecule has 0 bridgehead atoms. The maximum atomic E-state index is 14.2. The first kappa shape index (κ1) is 29.7. The van der Waals surface area contributed by atoms with E-state index in [0.29, 0.717) is 12.8 Å². The molecular weight excluding hydrogens is 496 g/mol. The van der Waals surface area contributed by atoms with Gasteiger partial charge in [0, 0.05) is 12.6 Å². The van der Waals surface area contributed by atoms with Crippen molar-refractivity contribution in [2.45, 2.75) is 90.6 Å². The zero-order valence-electron chi connectivity index (χ0n) is 23.5. The SMILES string of the molecule is Cc1cccc(C)c1C(C(=O)NCc1ccccc1)N(C(=O)C(CC(N)=O)NC(=O)OC(C)(C)C)C1CCC1. The molecule has 210 valence electrons. The molecule has 39 heavy (non-hydrogen) atoms. The number of hydrogen-bond donors (Lipinski definition) is 3. The van der Waals surface area contributed by atoms with Crippen LogP contribution in [0.5, 0.6) is 0 Å². The number of hydrogen-bond acceptors (Lipinski definition) is 5. The number of nitrogens with one attached hydrogen (secondary N) is 2. The lowest BCUT2D eigenvalue weighted by Gasteiger charge is -2.44. The molecule has 1 aliphatic carbocycles. The van der Waals surface area contributed by atoms with Crippen molar-refractivity contribution in [1.82, 2.24) is 15.5 Å².